The van der Waals surface area contributed by atoms with Gasteiger partial charge in [0.2, 0.25) is 5.91 Å². The highest BCUT2D eigenvalue weighted by Crippen LogP contribution is 2.01. The summed E-state index contributed by atoms with van der Waals surface area (Å²) in [6.07, 6.45) is 5.21. The Bertz CT molecular complexity index is 263. The lowest BCUT2D eigenvalue weighted by molar-refractivity contribution is -0.131. The molecule has 0 fully saturated rings. The van der Waals surface area contributed by atoms with Gasteiger partial charge in [-0.25, -0.2) is 0 Å². The van der Waals surface area contributed by atoms with Gasteiger partial charge < -0.3 is 10.6 Å². The number of unbranched alkanes of at least 4 members (excludes halogenated alkanes) is 2. The minimum absolute atomic E-state index is 0.156. The van der Waals surface area contributed by atoms with Crippen LogP contribution in [0.2, 0.25) is 0 Å². The summed E-state index contributed by atoms with van der Waals surface area (Å²) in [5.41, 5.74) is 5.46. The maximum absolute atomic E-state index is 12.1. The highest BCUT2D eigenvalue weighted by Gasteiger charge is 2.13. The topological polar surface area (TPSA) is 49.6 Å². The summed E-state index contributed by atoms with van der Waals surface area (Å²) in [5, 5.41) is 0. The number of carbonyl (C=O) groups excluding carboxylic acids is 1. The van der Waals surface area contributed by atoms with Crippen molar-refractivity contribution in [2.75, 3.05) is 33.2 Å². The molecule has 0 rings (SSSR count). The van der Waals surface area contributed by atoms with Crippen LogP contribution in [-0.2, 0) is 4.79 Å². The molecule has 0 aromatic carbocycles. The first-order valence-electron chi connectivity index (χ1n) is 7.25. The summed E-state index contributed by atoms with van der Waals surface area (Å²) in [4.78, 5) is 16.5. The normalized spacial score (nSPS) is 10.7. The molecule has 0 aliphatic rings. The van der Waals surface area contributed by atoms with Crippen LogP contribution in [0.25, 0.3) is 0 Å². The molecule has 0 saturated carbocycles. The molecule has 5 heteroatoms. The van der Waals surface area contributed by atoms with Gasteiger partial charge in [-0.3, -0.25) is 9.69 Å². The van der Waals surface area contributed by atoms with E-state index < -0.39 is 0 Å². The number of carbonyl (C=O) groups is 1. The van der Waals surface area contributed by atoms with E-state index in [1.165, 1.54) is 0 Å². The van der Waals surface area contributed by atoms with E-state index in [2.05, 4.69) is 18.7 Å². The van der Waals surface area contributed by atoms with E-state index in [0.717, 1.165) is 38.8 Å². The maximum atomic E-state index is 12.1. The predicted molar refractivity (Wildman–Crippen MR) is 85.3 cm³/mol. The Balaban J connectivity index is 4.14. The molecule has 0 aliphatic carbocycles. The van der Waals surface area contributed by atoms with Gasteiger partial charge in [-0.05, 0) is 25.9 Å². The minimum atomic E-state index is 0.156. The van der Waals surface area contributed by atoms with Crippen LogP contribution >= 0.6 is 12.2 Å². The van der Waals surface area contributed by atoms with Crippen molar-refractivity contribution in [1.29, 1.82) is 0 Å². The first-order valence-corrected chi connectivity index (χ1v) is 7.66. The molecular formula is C14H29N3OS. The van der Waals surface area contributed by atoms with Crippen molar-refractivity contribution in [2.24, 2.45) is 5.73 Å². The second-order valence-electron chi connectivity index (χ2n) is 5.01. The Morgan fingerprint density at radius 2 is 1.63 bits per heavy atom. The average molecular weight is 287 g/mol. The van der Waals surface area contributed by atoms with Crippen LogP contribution < -0.4 is 5.73 Å². The lowest BCUT2D eigenvalue weighted by atomic mass is 10.2. The third-order valence-corrected chi connectivity index (χ3v) is 3.34. The van der Waals surface area contributed by atoms with E-state index in [0.29, 0.717) is 24.5 Å². The number of hydrogen-bond donors (Lipinski definition) is 1. The molecule has 0 aliphatic heterocycles. The summed E-state index contributed by atoms with van der Waals surface area (Å²) >= 11 is 4.83. The van der Waals surface area contributed by atoms with Crippen LogP contribution in [0.3, 0.4) is 0 Å². The van der Waals surface area contributed by atoms with Crippen LogP contribution in [0.5, 0.6) is 0 Å². The third-order valence-electron chi connectivity index (χ3n) is 3.13. The first kappa shape index (κ1) is 18.3. The van der Waals surface area contributed by atoms with E-state index in [1.807, 2.05) is 7.05 Å². The number of hydrogen-bond acceptors (Lipinski definition) is 3. The summed E-state index contributed by atoms with van der Waals surface area (Å²) in [5.74, 6) is 0.156. The van der Waals surface area contributed by atoms with Gasteiger partial charge in [-0.15, -0.1) is 0 Å². The molecule has 0 saturated heterocycles. The number of likely N-dealkylation sites (N-methyl/N-ethyl adjacent to an activating group) is 1. The SMILES string of the molecule is CCCCN(CCCC)CC(=O)N(C)CCC(N)=S. The number of rotatable bonds is 11. The van der Waals surface area contributed by atoms with Gasteiger partial charge in [0.1, 0.15) is 0 Å². The second-order valence-corrected chi connectivity index (χ2v) is 5.54. The molecule has 2 N–H and O–H groups in total. The van der Waals surface area contributed by atoms with Crippen molar-refractivity contribution in [3.8, 4) is 0 Å². The zero-order valence-corrected chi connectivity index (χ0v) is 13.5. The molecule has 0 aromatic rings. The fourth-order valence-electron chi connectivity index (χ4n) is 1.75. The van der Waals surface area contributed by atoms with Crippen LogP contribution in [0, 0.1) is 0 Å². The molecule has 0 atom stereocenters. The van der Waals surface area contributed by atoms with E-state index in [9.17, 15) is 4.79 Å². The van der Waals surface area contributed by atoms with Gasteiger partial charge in [0.25, 0.3) is 0 Å². The predicted octanol–water partition coefficient (Wildman–Crippen LogP) is 2.02. The molecule has 0 aromatic heterocycles. The quantitative estimate of drug-likeness (QED) is 0.591. The lowest BCUT2D eigenvalue weighted by Crippen LogP contribution is -2.40. The Kier molecular flexibility index (Phi) is 10.8. The molecule has 1 amide bonds. The van der Waals surface area contributed by atoms with E-state index >= 15 is 0 Å². The molecule has 0 heterocycles. The minimum Gasteiger partial charge on any atom is -0.393 e. The molecule has 0 unspecified atom stereocenters. The van der Waals surface area contributed by atoms with Crippen molar-refractivity contribution in [1.82, 2.24) is 9.80 Å². The number of thiocarbonyl (C=S) groups is 1. The van der Waals surface area contributed by atoms with Gasteiger partial charge >= 0.3 is 0 Å². The zero-order chi connectivity index (χ0) is 14.7. The Hall–Kier alpha value is -0.680. The summed E-state index contributed by atoms with van der Waals surface area (Å²) in [7, 11) is 1.82. The van der Waals surface area contributed by atoms with Gasteiger partial charge in [-0.1, -0.05) is 38.9 Å². The van der Waals surface area contributed by atoms with Crippen LogP contribution in [0.15, 0.2) is 0 Å². The molecule has 0 radical (unpaired) electrons. The van der Waals surface area contributed by atoms with Crippen molar-refractivity contribution in [3.63, 3.8) is 0 Å². The molecule has 112 valence electrons. The van der Waals surface area contributed by atoms with E-state index in [-0.39, 0.29) is 5.91 Å². The third kappa shape index (κ3) is 9.85. The fraction of sp³-hybridized carbons (Fsp3) is 0.857. The Labute approximate surface area is 123 Å². The maximum Gasteiger partial charge on any atom is 0.236 e. The van der Waals surface area contributed by atoms with E-state index in [1.54, 1.807) is 4.90 Å². The highest BCUT2D eigenvalue weighted by molar-refractivity contribution is 7.80. The van der Waals surface area contributed by atoms with Crippen LogP contribution in [-0.4, -0.2) is 53.9 Å². The molecule has 4 nitrogen and oxygen atoms in total. The van der Waals surface area contributed by atoms with Crippen molar-refractivity contribution in [3.05, 3.63) is 0 Å². The van der Waals surface area contributed by atoms with Gasteiger partial charge in [-0.2, -0.15) is 0 Å². The Morgan fingerprint density at radius 1 is 1.11 bits per heavy atom. The van der Waals surface area contributed by atoms with E-state index in [4.69, 9.17) is 18.0 Å². The molecular weight excluding hydrogens is 258 g/mol. The van der Waals surface area contributed by atoms with Crippen molar-refractivity contribution >= 4 is 23.1 Å². The second kappa shape index (κ2) is 11.2. The highest BCUT2D eigenvalue weighted by atomic mass is 32.1. The monoisotopic (exact) mass is 287 g/mol. The largest absolute Gasteiger partial charge is 0.393 e. The first-order chi connectivity index (χ1) is 9.01. The smallest absolute Gasteiger partial charge is 0.236 e. The summed E-state index contributed by atoms with van der Waals surface area (Å²) in [6.45, 7) is 7.48. The Morgan fingerprint density at radius 3 is 2.05 bits per heavy atom. The molecule has 0 spiro atoms. The fourth-order valence-corrected chi connectivity index (χ4v) is 1.84. The molecule has 19 heavy (non-hydrogen) atoms. The van der Waals surface area contributed by atoms with Gasteiger partial charge in [0.15, 0.2) is 0 Å². The standard InChI is InChI=1S/C14H29N3OS/c1-4-6-9-17(10-7-5-2)12-14(18)16(3)11-8-13(15)19/h4-12H2,1-3H3,(H2,15,19). The van der Waals surface area contributed by atoms with Gasteiger partial charge in [0.05, 0.1) is 11.5 Å². The molecule has 0 bridgehead atoms. The van der Waals surface area contributed by atoms with Crippen LogP contribution in [0.1, 0.15) is 46.0 Å². The zero-order valence-electron chi connectivity index (χ0n) is 12.7. The number of nitrogens with two attached hydrogens (primary N) is 1. The summed E-state index contributed by atoms with van der Waals surface area (Å²) in [6, 6.07) is 0. The summed E-state index contributed by atoms with van der Waals surface area (Å²) < 4.78 is 0. The van der Waals surface area contributed by atoms with Crippen LogP contribution in [0.4, 0.5) is 0 Å². The van der Waals surface area contributed by atoms with Crippen molar-refractivity contribution < 1.29 is 4.79 Å². The number of amides is 1. The lowest BCUT2D eigenvalue weighted by Gasteiger charge is -2.24. The van der Waals surface area contributed by atoms with Gasteiger partial charge in [0, 0.05) is 20.0 Å². The van der Waals surface area contributed by atoms with Crippen molar-refractivity contribution in [2.45, 2.75) is 46.0 Å². The number of nitrogens with zero attached hydrogens (tertiary/aromatic N) is 2. The average Bonchev–Trinajstić information content (AvgIpc) is 2.38.